The van der Waals surface area contributed by atoms with E-state index in [-0.39, 0.29) is 0 Å². The van der Waals surface area contributed by atoms with Gasteiger partial charge in [0.25, 0.3) is 0 Å². The third-order valence-corrected chi connectivity index (χ3v) is 3.07. The van der Waals surface area contributed by atoms with E-state index in [9.17, 15) is 0 Å². The molecule has 4 heteroatoms. The summed E-state index contributed by atoms with van der Waals surface area (Å²) in [6.45, 7) is 5.03. The number of nitrogens with zero attached hydrogens (tertiary/aromatic N) is 1. The van der Waals surface area contributed by atoms with Gasteiger partial charge >= 0.3 is 0 Å². The van der Waals surface area contributed by atoms with Crippen LogP contribution in [0.25, 0.3) is 0 Å². The summed E-state index contributed by atoms with van der Waals surface area (Å²) in [6, 6.07) is 3.80. The number of nitrogens with one attached hydrogen (secondary N) is 1. The minimum absolute atomic E-state index is 0.592. The average Bonchev–Trinajstić information content (AvgIpc) is 2.19. The molecule has 1 aromatic heterocycles. The molecule has 0 spiro atoms. The van der Waals surface area contributed by atoms with Crippen molar-refractivity contribution >= 4 is 23.3 Å². The Hall–Kier alpha value is -0.900. The Balaban J connectivity index is 2.55. The lowest BCUT2D eigenvalue weighted by Gasteiger charge is -2.11. The van der Waals surface area contributed by atoms with Crippen LogP contribution < -0.4 is 11.1 Å². The van der Waals surface area contributed by atoms with Crippen molar-refractivity contribution in [1.29, 1.82) is 0 Å². The standard InChI is InChI=1S/C10H17N3S/c1-7(14-3)6-12-10-5-4-9(11)8(2)13-10/h4-5,7H,6,11H2,1-3H3,(H,12,13). The van der Waals surface area contributed by atoms with Crippen molar-refractivity contribution in [3.63, 3.8) is 0 Å². The zero-order chi connectivity index (χ0) is 10.6. The summed E-state index contributed by atoms with van der Waals surface area (Å²) in [5.41, 5.74) is 7.30. The van der Waals surface area contributed by atoms with Gasteiger partial charge in [-0.05, 0) is 25.3 Å². The number of nitrogen functional groups attached to an aromatic ring is 1. The highest BCUT2D eigenvalue weighted by atomic mass is 32.2. The van der Waals surface area contributed by atoms with E-state index in [1.165, 1.54) is 0 Å². The molecule has 0 radical (unpaired) electrons. The molecule has 0 saturated heterocycles. The Morgan fingerprint density at radius 2 is 2.29 bits per heavy atom. The van der Waals surface area contributed by atoms with E-state index in [1.807, 2.05) is 30.8 Å². The molecule has 0 amide bonds. The summed E-state index contributed by atoms with van der Waals surface area (Å²) >= 11 is 1.84. The van der Waals surface area contributed by atoms with Gasteiger partial charge in [0, 0.05) is 11.8 Å². The van der Waals surface area contributed by atoms with E-state index in [4.69, 9.17) is 5.73 Å². The maximum Gasteiger partial charge on any atom is 0.126 e. The van der Waals surface area contributed by atoms with Crippen LogP contribution in [0.15, 0.2) is 12.1 Å². The molecule has 3 nitrogen and oxygen atoms in total. The van der Waals surface area contributed by atoms with Gasteiger partial charge in [0.2, 0.25) is 0 Å². The first-order valence-electron chi connectivity index (χ1n) is 4.63. The Bertz CT molecular complexity index is 301. The molecule has 3 N–H and O–H groups in total. The van der Waals surface area contributed by atoms with Crippen molar-refractivity contribution in [2.45, 2.75) is 19.1 Å². The van der Waals surface area contributed by atoms with Crippen LogP contribution in [0.3, 0.4) is 0 Å². The molecule has 1 heterocycles. The van der Waals surface area contributed by atoms with E-state index in [0.29, 0.717) is 5.25 Å². The Kier molecular flexibility index (Phi) is 4.07. The lowest BCUT2D eigenvalue weighted by atomic mass is 10.3. The molecule has 0 saturated carbocycles. The summed E-state index contributed by atoms with van der Waals surface area (Å²) in [5.74, 6) is 0.901. The van der Waals surface area contributed by atoms with Crippen molar-refractivity contribution in [3.8, 4) is 0 Å². The van der Waals surface area contributed by atoms with Crippen LogP contribution in [0, 0.1) is 6.92 Å². The van der Waals surface area contributed by atoms with Gasteiger partial charge in [-0.1, -0.05) is 6.92 Å². The van der Waals surface area contributed by atoms with E-state index < -0.39 is 0 Å². The van der Waals surface area contributed by atoms with Gasteiger partial charge in [-0.15, -0.1) is 0 Å². The topological polar surface area (TPSA) is 50.9 Å². The third-order valence-electron chi connectivity index (χ3n) is 2.10. The smallest absolute Gasteiger partial charge is 0.126 e. The van der Waals surface area contributed by atoms with Crippen LogP contribution in [0.1, 0.15) is 12.6 Å². The molecule has 14 heavy (non-hydrogen) atoms. The van der Waals surface area contributed by atoms with Gasteiger partial charge < -0.3 is 11.1 Å². The third kappa shape index (κ3) is 3.10. The number of hydrogen-bond donors (Lipinski definition) is 2. The number of pyridine rings is 1. The molecule has 78 valence electrons. The fourth-order valence-corrected chi connectivity index (χ4v) is 1.25. The van der Waals surface area contributed by atoms with E-state index in [0.717, 1.165) is 23.7 Å². The Morgan fingerprint density at radius 3 is 2.86 bits per heavy atom. The number of hydrogen-bond acceptors (Lipinski definition) is 4. The summed E-state index contributed by atoms with van der Waals surface area (Å²) in [4.78, 5) is 4.33. The number of anilines is 2. The quantitative estimate of drug-likeness (QED) is 0.801. The first-order chi connectivity index (χ1) is 6.63. The molecule has 1 rings (SSSR count). The molecule has 0 aliphatic rings. The zero-order valence-corrected chi connectivity index (χ0v) is 9.69. The first-order valence-corrected chi connectivity index (χ1v) is 5.92. The van der Waals surface area contributed by atoms with Crippen LogP contribution in [0.2, 0.25) is 0 Å². The molecular weight excluding hydrogens is 194 g/mol. The second-order valence-corrected chi connectivity index (χ2v) is 4.57. The van der Waals surface area contributed by atoms with Gasteiger partial charge in [-0.3, -0.25) is 0 Å². The SMILES string of the molecule is CSC(C)CNc1ccc(N)c(C)n1. The molecule has 0 aliphatic carbocycles. The molecule has 1 atom stereocenters. The minimum atomic E-state index is 0.592. The van der Waals surface area contributed by atoms with Gasteiger partial charge in [0.05, 0.1) is 11.4 Å². The number of thioether (sulfide) groups is 1. The number of aromatic nitrogens is 1. The van der Waals surface area contributed by atoms with Crippen molar-refractivity contribution < 1.29 is 0 Å². The van der Waals surface area contributed by atoms with Crippen LogP contribution in [-0.2, 0) is 0 Å². The monoisotopic (exact) mass is 211 g/mol. The summed E-state index contributed by atoms with van der Waals surface area (Å²) < 4.78 is 0. The number of nitrogens with two attached hydrogens (primary N) is 1. The molecule has 1 unspecified atom stereocenters. The number of aryl methyl sites for hydroxylation is 1. The van der Waals surface area contributed by atoms with Crippen LogP contribution in [0.5, 0.6) is 0 Å². The minimum Gasteiger partial charge on any atom is -0.397 e. The van der Waals surface area contributed by atoms with Gasteiger partial charge in [-0.25, -0.2) is 4.98 Å². The van der Waals surface area contributed by atoms with E-state index >= 15 is 0 Å². The summed E-state index contributed by atoms with van der Waals surface area (Å²) in [6.07, 6.45) is 2.11. The molecule has 0 bridgehead atoms. The van der Waals surface area contributed by atoms with Crippen LogP contribution >= 0.6 is 11.8 Å². The van der Waals surface area contributed by atoms with Crippen molar-refractivity contribution in [2.75, 3.05) is 23.9 Å². The molecule has 0 aromatic carbocycles. The highest BCUT2D eigenvalue weighted by molar-refractivity contribution is 7.99. The van der Waals surface area contributed by atoms with Gasteiger partial charge in [-0.2, -0.15) is 11.8 Å². The van der Waals surface area contributed by atoms with Crippen molar-refractivity contribution in [1.82, 2.24) is 4.98 Å². The highest BCUT2D eigenvalue weighted by Gasteiger charge is 2.01. The zero-order valence-electron chi connectivity index (χ0n) is 8.87. The normalized spacial score (nSPS) is 12.5. The maximum atomic E-state index is 5.68. The second-order valence-electron chi connectivity index (χ2n) is 3.30. The van der Waals surface area contributed by atoms with Crippen LogP contribution in [0.4, 0.5) is 11.5 Å². The maximum absolute atomic E-state index is 5.68. The predicted molar refractivity (Wildman–Crippen MR) is 64.9 cm³/mol. The lowest BCUT2D eigenvalue weighted by Crippen LogP contribution is -2.13. The molecule has 0 fully saturated rings. The van der Waals surface area contributed by atoms with Gasteiger partial charge in [0.1, 0.15) is 5.82 Å². The van der Waals surface area contributed by atoms with Crippen molar-refractivity contribution in [2.24, 2.45) is 0 Å². The van der Waals surface area contributed by atoms with Crippen molar-refractivity contribution in [3.05, 3.63) is 17.8 Å². The average molecular weight is 211 g/mol. The molecular formula is C10H17N3S. The fraction of sp³-hybridized carbons (Fsp3) is 0.500. The number of rotatable bonds is 4. The van der Waals surface area contributed by atoms with Crippen LogP contribution in [-0.4, -0.2) is 23.0 Å². The molecule has 0 aliphatic heterocycles. The first kappa shape index (κ1) is 11.2. The Morgan fingerprint density at radius 1 is 1.57 bits per heavy atom. The van der Waals surface area contributed by atoms with Gasteiger partial charge in [0.15, 0.2) is 0 Å². The summed E-state index contributed by atoms with van der Waals surface area (Å²) in [7, 11) is 0. The largest absolute Gasteiger partial charge is 0.397 e. The lowest BCUT2D eigenvalue weighted by molar-refractivity contribution is 0.988. The predicted octanol–water partition coefficient (Wildman–Crippen LogP) is 2.14. The van der Waals surface area contributed by atoms with E-state index in [2.05, 4.69) is 23.5 Å². The Labute approximate surface area is 89.5 Å². The highest BCUT2D eigenvalue weighted by Crippen LogP contribution is 2.12. The molecule has 1 aromatic rings. The summed E-state index contributed by atoms with van der Waals surface area (Å²) in [5, 5.41) is 3.87. The fourth-order valence-electron chi connectivity index (χ4n) is 1.00. The second kappa shape index (κ2) is 5.10. The van der Waals surface area contributed by atoms with E-state index in [1.54, 1.807) is 0 Å².